The Morgan fingerprint density at radius 3 is 2.86 bits per heavy atom. The molecule has 1 atom stereocenters. The maximum atomic E-state index is 5.75. The fourth-order valence-corrected chi connectivity index (χ4v) is 2.07. The number of rotatable bonds is 5. The first kappa shape index (κ1) is 11.5. The van der Waals surface area contributed by atoms with Crippen molar-refractivity contribution in [1.29, 1.82) is 0 Å². The Balaban J connectivity index is 2.57. The van der Waals surface area contributed by atoms with Crippen molar-refractivity contribution in [1.82, 2.24) is 4.98 Å². The van der Waals surface area contributed by atoms with Crippen LogP contribution < -0.4 is 10.6 Å². The highest BCUT2D eigenvalue weighted by molar-refractivity contribution is 7.13. The van der Waals surface area contributed by atoms with Crippen LogP contribution in [0, 0.1) is 0 Å². The summed E-state index contributed by atoms with van der Waals surface area (Å²) < 4.78 is 0. The third kappa shape index (κ3) is 2.96. The summed E-state index contributed by atoms with van der Waals surface area (Å²) in [4.78, 5) is 6.68. The van der Waals surface area contributed by atoms with Crippen molar-refractivity contribution in [3.63, 3.8) is 0 Å². The van der Waals surface area contributed by atoms with E-state index in [0.29, 0.717) is 0 Å². The Bertz CT molecular complexity index is 270. The van der Waals surface area contributed by atoms with Gasteiger partial charge in [-0.25, -0.2) is 4.98 Å². The van der Waals surface area contributed by atoms with Gasteiger partial charge in [0, 0.05) is 25.0 Å². The van der Waals surface area contributed by atoms with Crippen LogP contribution in [0.4, 0.5) is 5.13 Å². The van der Waals surface area contributed by atoms with Crippen molar-refractivity contribution in [2.24, 2.45) is 5.73 Å². The van der Waals surface area contributed by atoms with Crippen LogP contribution in [0.5, 0.6) is 0 Å². The molecular weight excluding hydrogens is 194 g/mol. The molecule has 0 spiro atoms. The van der Waals surface area contributed by atoms with Crippen molar-refractivity contribution in [2.45, 2.75) is 32.7 Å². The van der Waals surface area contributed by atoms with E-state index >= 15 is 0 Å². The summed E-state index contributed by atoms with van der Waals surface area (Å²) in [6, 6.07) is 0.0413. The number of thiazole rings is 1. The minimum Gasteiger partial charge on any atom is -0.351 e. The molecule has 1 aromatic heterocycles. The first-order valence-corrected chi connectivity index (χ1v) is 5.95. The molecule has 0 aliphatic heterocycles. The fourth-order valence-electron chi connectivity index (χ4n) is 1.15. The highest BCUT2D eigenvalue weighted by Gasteiger charge is 2.08. The van der Waals surface area contributed by atoms with Gasteiger partial charge in [-0.05, 0) is 13.3 Å². The van der Waals surface area contributed by atoms with E-state index in [1.54, 1.807) is 11.3 Å². The third-order valence-corrected chi connectivity index (χ3v) is 3.12. The molecule has 0 aromatic carbocycles. The van der Waals surface area contributed by atoms with E-state index in [1.807, 2.05) is 12.3 Å². The van der Waals surface area contributed by atoms with Gasteiger partial charge in [0.2, 0.25) is 0 Å². The Kier molecular flexibility index (Phi) is 4.35. The summed E-state index contributed by atoms with van der Waals surface area (Å²) in [7, 11) is 2.08. The van der Waals surface area contributed by atoms with Crippen LogP contribution in [0.1, 0.15) is 38.4 Å². The van der Waals surface area contributed by atoms with Crippen molar-refractivity contribution in [3.8, 4) is 0 Å². The van der Waals surface area contributed by atoms with Gasteiger partial charge in [0.05, 0.1) is 5.69 Å². The average molecular weight is 213 g/mol. The number of unbranched alkanes of at least 4 members (excludes halogenated alkanes) is 1. The van der Waals surface area contributed by atoms with Crippen LogP contribution in [0.2, 0.25) is 0 Å². The predicted molar refractivity (Wildman–Crippen MR) is 62.9 cm³/mol. The summed E-state index contributed by atoms with van der Waals surface area (Å²) in [5.41, 5.74) is 6.75. The van der Waals surface area contributed by atoms with Gasteiger partial charge in [0.25, 0.3) is 0 Å². The minimum absolute atomic E-state index is 0.0413. The lowest BCUT2D eigenvalue weighted by Crippen LogP contribution is -2.18. The predicted octanol–water partition coefficient (Wildman–Crippen LogP) is 2.40. The van der Waals surface area contributed by atoms with Gasteiger partial charge < -0.3 is 10.6 Å². The minimum atomic E-state index is 0.0413. The van der Waals surface area contributed by atoms with Crippen molar-refractivity contribution >= 4 is 16.5 Å². The van der Waals surface area contributed by atoms with E-state index in [1.165, 1.54) is 12.8 Å². The quantitative estimate of drug-likeness (QED) is 0.816. The molecule has 4 heteroatoms. The molecule has 0 saturated heterocycles. The first-order valence-electron chi connectivity index (χ1n) is 5.07. The zero-order valence-electron chi connectivity index (χ0n) is 9.16. The van der Waals surface area contributed by atoms with Crippen LogP contribution in [-0.4, -0.2) is 18.6 Å². The highest BCUT2D eigenvalue weighted by Crippen LogP contribution is 2.22. The van der Waals surface area contributed by atoms with Crippen LogP contribution in [0.3, 0.4) is 0 Å². The van der Waals surface area contributed by atoms with Crippen molar-refractivity contribution < 1.29 is 0 Å². The van der Waals surface area contributed by atoms with Crippen LogP contribution in [0.25, 0.3) is 0 Å². The van der Waals surface area contributed by atoms with Gasteiger partial charge in [-0.3, -0.25) is 0 Å². The molecule has 0 amide bonds. The number of nitrogens with two attached hydrogens (primary N) is 1. The monoisotopic (exact) mass is 213 g/mol. The maximum absolute atomic E-state index is 5.75. The molecular formula is C10H19N3S. The van der Waals surface area contributed by atoms with Crippen LogP contribution in [-0.2, 0) is 0 Å². The molecule has 0 bridgehead atoms. The van der Waals surface area contributed by atoms with Gasteiger partial charge in [-0.2, -0.15) is 0 Å². The molecule has 0 fully saturated rings. The lowest BCUT2D eigenvalue weighted by molar-refractivity contribution is 0.753. The summed E-state index contributed by atoms with van der Waals surface area (Å²) in [6.07, 6.45) is 2.43. The smallest absolute Gasteiger partial charge is 0.185 e. The molecule has 14 heavy (non-hydrogen) atoms. The van der Waals surface area contributed by atoms with Gasteiger partial charge in [-0.15, -0.1) is 11.3 Å². The van der Waals surface area contributed by atoms with Gasteiger partial charge in [0.15, 0.2) is 5.13 Å². The van der Waals surface area contributed by atoms with Crippen LogP contribution in [0.15, 0.2) is 5.38 Å². The van der Waals surface area contributed by atoms with E-state index in [-0.39, 0.29) is 6.04 Å². The Labute approximate surface area is 89.9 Å². The molecule has 0 aliphatic rings. The maximum Gasteiger partial charge on any atom is 0.185 e. The van der Waals surface area contributed by atoms with E-state index in [4.69, 9.17) is 5.73 Å². The summed E-state index contributed by atoms with van der Waals surface area (Å²) in [6.45, 7) is 5.23. The average Bonchev–Trinajstić information content (AvgIpc) is 2.62. The SMILES string of the molecule is CCCCN(C)c1nc(C(C)N)cs1. The summed E-state index contributed by atoms with van der Waals surface area (Å²) >= 11 is 1.67. The number of nitrogens with zero attached hydrogens (tertiary/aromatic N) is 2. The number of hydrogen-bond acceptors (Lipinski definition) is 4. The molecule has 0 aliphatic carbocycles. The first-order chi connectivity index (χ1) is 6.65. The van der Waals surface area contributed by atoms with E-state index in [2.05, 4.69) is 23.9 Å². The Morgan fingerprint density at radius 2 is 2.36 bits per heavy atom. The molecule has 3 nitrogen and oxygen atoms in total. The second kappa shape index (κ2) is 5.32. The molecule has 0 radical (unpaired) electrons. The second-order valence-corrected chi connectivity index (χ2v) is 4.46. The van der Waals surface area contributed by atoms with Crippen molar-refractivity contribution in [3.05, 3.63) is 11.1 Å². The van der Waals surface area contributed by atoms with Crippen molar-refractivity contribution in [2.75, 3.05) is 18.5 Å². The Morgan fingerprint density at radius 1 is 1.64 bits per heavy atom. The normalized spacial score (nSPS) is 12.9. The number of hydrogen-bond donors (Lipinski definition) is 1. The fraction of sp³-hybridized carbons (Fsp3) is 0.700. The molecule has 0 saturated carbocycles. The summed E-state index contributed by atoms with van der Waals surface area (Å²) in [5, 5.41) is 3.12. The second-order valence-electron chi connectivity index (χ2n) is 3.62. The highest BCUT2D eigenvalue weighted by atomic mass is 32.1. The van der Waals surface area contributed by atoms with Gasteiger partial charge in [0.1, 0.15) is 0 Å². The number of anilines is 1. The zero-order valence-corrected chi connectivity index (χ0v) is 9.97. The lowest BCUT2D eigenvalue weighted by atomic mass is 10.3. The van der Waals surface area contributed by atoms with E-state index in [9.17, 15) is 0 Å². The topological polar surface area (TPSA) is 42.2 Å². The molecule has 80 valence electrons. The largest absolute Gasteiger partial charge is 0.351 e. The van der Waals surface area contributed by atoms with E-state index < -0.39 is 0 Å². The molecule has 1 aromatic rings. The standard InChI is InChI=1S/C10H19N3S/c1-4-5-6-13(3)10-12-9(7-14-10)8(2)11/h7-8H,4-6,11H2,1-3H3. The molecule has 1 unspecified atom stereocenters. The number of aromatic nitrogens is 1. The third-order valence-electron chi connectivity index (χ3n) is 2.15. The van der Waals surface area contributed by atoms with Gasteiger partial charge in [-0.1, -0.05) is 13.3 Å². The summed E-state index contributed by atoms with van der Waals surface area (Å²) in [5.74, 6) is 0. The molecule has 1 heterocycles. The molecule has 2 N–H and O–H groups in total. The molecule has 1 rings (SSSR count). The zero-order chi connectivity index (χ0) is 10.6. The lowest BCUT2D eigenvalue weighted by Gasteiger charge is -2.14. The Hall–Kier alpha value is -0.610. The van der Waals surface area contributed by atoms with Gasteiger partial charge >= 0.3 is 0 Å². The van der Waals surface area contributed by atoms with E-state index in [0.717, 1.165) is 17.4 Å². The van der Waals surface area contributed by atoms with Crippen LogP contribution >= 0.6 is 11.3 Å².